The topological polar surface area (TPSA) is 89.6 Å². The van der Waals surface area contributed by atoms with Crippen molar-refractivity contribution in [1.29, 1.82) is 0 Å². The summed E-state index contributed by atoms with van der Waals surface area (Å²) in [5.41, 5.74) is 0.729. The minimum absolute atomic E-state index is 0.239. The molecule has 18 heavy (non-hydrogen) atoms. The number of fused-ring (bicyclic) bond motifs is 1. The molecule has 0 aliphatic carbocycles. The van der Waals surface area contributed by atoms with Crippen molar-refractivity contribution in [3.63, 3.8) is 0 Å². The highest BCUT2D eigenvalue weighted by molar-refractivity contribution is 5.89. The maximum absolute atomic E-state index is 11.2. The van der Waals surface area contributed by atoms with E-state index in [0.29, 0.717) is 11.0 Å². The van der Waals surface area contributed by atoms with Crippen LogP contribution < -0.4 is 0 Å². The van der Waals surface area contributed by atoms with Gasteiger partial charge in [0.1, 0.15) is 11.6 Å². The number of carboxylic acid groups (broad SMARTS) is 1. The van der Waals surface area contributed by atoms with Crippen LogP contribution in [0.15, 0.2) is 28.8 Å². The summed E-state index contributed by atoms with van der Waals surface area (Å²) in [6.45, 7) is 0. The second kappa shape index (κ2) is 4.87. The number of nitrogens with zero attached hydrogens (tertiary/aromatic N) is 1. The molecule has 1 unspecified atom stereocenters. The molecule has 0 bridgehead atoms. The van der Waals surface area contributed by atoms with Crippen LogP contribution in [-0.4, -0.2) is 29.3 Å². The molecule has 1 atom stereocenters. The van der Waals surface area contributed by atoms with Gasteiger partial charge >= 0.3 is 11.9 Å². The van der Waals surface area contributed by atoms with Crippen LogP contribution in [0.4, 0.5) is 0 Å². The van der Waals surface area contributed by atoms with Gasteiger partial charge in [0, 0.05) is 5.39 Å². The Labute approximate surface area is 102 Å². The summed E-state index contributed by atoms with van der Waals surface area (Å²) in [5, 5.41) is 13.5. The first-order valence-electron chi connectivity index (χ1n) is 5.27. The largest absolute Gasteiger partial charge is 0.481 e. The van der Waals surface area contributed by atoms with Crippen molar-refractivity contribution in [3.05, 3.63) is 30.0 Å². The van der Waals surface area contributed by atoms with E-state index in [9.17, 15) is 9.59 Å². The molecule has 6 nitrogen and oxygen atoms in total. The first-order valence-corrected chi connectivity index (χ1v) is 5.27. The van der Waals surface area contributed by atoms with Crippen molar-refractivity contribution in [2.75, 3.05) is 7.11 Å². The molecule has 0 saturated heterocycles. The van der Waals surface area contributed by atoms with Crippen LogP contribution in [0.5, 0.6) is 0 Å². The summed E-state index contributed by atoms with van der Waals surface area (Å²) in [6, 6.07) is 6.89. The highest BCUT2D eigenvalue weighted by atomic mass is 16.5. The lowest BCUT2D eigenvalue weighted by Crippen LogP contribution is -2.17. The predicted molar refractivity (Wildman–Crippen MR) is 61.0 cm³/mol. The van der Waals surface area contributed by atoms with Gasteiger partial charge in [-0.05, 0) is 12.1 Å². The predicted octanol–water partition coefficient (Wildman–Crippen LogP) is 1.56. The summed E-state index contributed by atoms with van der Waals surface area (Å²) >= 11 is 0. The average Bonchev–Trinajstić information content (AvgIpc) is 2.79. The van der Waals surface area contributed by atoms with Gasteiger partial charge in [-0.25, -0.2) is 0 Å². The Bertz CT molecular complexity index is 589. The Kier molecular flexibility index (Phi) is 3.27. The Morgan fingerprint density at radius 1 is 1.44 bits per heavy atom. The third-order valence-corrected chi connectivity index (χ3v) is 2.63. The first kappa shape index (κ1) is 12.1. The Hall–Kier alpha value is -2.37. The second-order valence-electron chi connectivity index (χ2n) is 3.74. The molecule has 1 heterocycles. The summed E-state index contributed by atoms with van der Waals surface area (Å²) in [4.78, 5) is 22.4. The van der Waals surface area contributed by atoms with E-state index in [-0.39, 0.29) is 12.1 Å². The molecule has 0 aliphatic rings. The third-order valence-electron chi connectivity index (χ3n) is 2.63. The van der Waals surface area contributed by atoms with Crippen LogP contribution in [0, 0.1) is 0 Å². The van der Waals surface area contributed by atoms with E-state index in [1.165, 1.54) is 7.11 Å². The van der Waals surface area contributed by atoms with Crippen molar-refractivity contribution < 1.29 is 24.0 Å². The number of carboxylic acids is 1. The zero-order valence-corrected chi connectivity index (χ0v) is 9.62. The number of carbonyl (C=O) groups excluding carboxylic acids is 1. The number of para-hydroxylation sites is 1. The number of aromatic nitrogens is 1. The molecule has 1 aromatic heterocycles. The van der Waals surface area contributed by atoms with E-state index in [1.54, 1.807) is 24.3 Å². The Balaban J connectivity index is 2.42. The highest BCUT2D eigenvalue weighted by Crippen LogP contribution is 2.27. The minimum atomic E-state index is -1.14. The number of rotatable bonds is 4. The lowest BCUT2D eigenvalue weighted by molar-refractivity contribution is -0.147. The van der Waals surface area contributed by atoms with Crippen LogP contribution in [0.25, 0.3) is 11.0 Å². The van der Waals surface area contributed by atoms with E-state index >= 15 is 0 Å². The van der Waals surface area contributed by atoms with Gasteiger partial charge in [0.25, 0.3) is 0 Å². The summed E-state index contributed by atoms with van der Waals surface area (Å²) in [7, 11) is 1.21. The van der Waals surface area contributed by atoms with Gasteiger partial charge in [0.05, 0.1) is 13.5 Å². The molecule has 6 heteroatoms. The number of hydrogen-bond acceptors (Lipinski definition) is 5. The quantitative estimate of drug-likeness (QED) is 0.827. The number of carbonyl (C=O) groups is 2. The molecular formula is C12H11NO5. The van der Waals surface area contributed by atoms with Crippen molar-refractivity contribution in [3.8, 4) is 0 Å². The molecule has 0 amide bonds. The van der Waals surface area contributed by atoms with E-state index < -0.39 is 17.9 Å². The van der Waals surface area contributed by atoms with Gasteiger partial charge < -0.3 is 14.4 Å². The monoisotopic (exact) mass is 249 g/mol. The van der Waals surface area contributed by atoms with Crippen molar-refractivity contribution >= 4 is 22.9 Å². The number of methoxy groups -OCH3 is 1. The molecular weight excluding hydrogens is 238 g/mol. The second-order valence-corrected chi connectivity index (χ2v) is 3.74. The lowest BCUT2D eigenvalue weighted by Gasteiger charge is -2.07. The molecule has 1 N–H and O–H groups in total. The summed E-state index contributed by atoms with van der Waals surface area (Å²) < 4.78 is 9.51. The number of ether oxygens (including phenoxy) is 1. The fourth-order valence-electron chi connectivity index (χ4n) is 1.71. The number of esters is 1. The fourth-order valence-corrected chi connectivity index (χ4v) is 1.71. The smallest absolute Gasteiger partial charge is 0.313 e. The highest BCUT2D eigenvalue weighted by Gasteiger charge is 2.28. The Morgan fingerprint density at radius 3 is 2.83 bits per heavy atom. The van der Waals surface area contributed by atoms with Crippen molar-refractivity contribution in [2.45, 2.75) is 12.3 Å². The van der Waals surface area contributed by atoms with Crippen LogP contribution >= 0.6 is 0 Å². The first-order chi connectivity index (χ1) is 8.63. The zero-order valence-electron chi connectivity index (χ0n) is 9.62. The van der Waals surface area contributed by atoms with Gasteiger partial charge in [0.2, 0.25) is 0 Å². The average molecular weight is 249 g/mol. The normalized spacial score (nSPS) is 12.3. The number of aliphatic carboxylic acids is 1. The molecule has 0 saturated carbocycles. The van der Waals surface area contributed by atoms with E-state index in [1.807, 2.05) is 0 Å². The van der Waals surface area contributed by atoms with Gasteiger partial charge in [0.15, 0.2) is 5.58 Å². The Morgan fingerprint density at radius 2 is 2.17 bits per heavy atom. The maximum Gasteiger partial charge on any atom is 0.313 e. The van der Waals surface area contributed by atoms with Crippen LogP contribution in [-0.2, 0) is 14.3 Å². The fraction of sp³-hybridized carbons (Fsp3) is 0.250. The molecule has 2 rings (SSSR count). The number of benzene rings is 1. The van der Waals surface area contributed by atoms with E-state index in [2.05, 4.69) is 9.89 Å². The van der Waals surface area contributed by atoms with Crippen molar-refractivity contribution in [1.82, 2.24) is 5.16 Å². The number of hydrogen-bond donors (Lipinski definition) is 1. The SMILES string of the molecule is COC(=O)CC(C(=O)O)c1noc2ccccc12. The molecule has 0 spiro atoms. The van der Waals surface area contributed by atoms with Crippen LogP contribution in [0.2, 0.25) is 0 Å². The molecule has 2 aromatic rings. The summed E-state index contributed by atoms with van der Waals surface area (Å²) in [5.74, 6) is -2.81. The van der Waals surface area contributed by atoms with Crippen LogP contribution in [0.3, 0.4) is 0 Å². The molecule has 0 fully saturated rings. The molecule has 94 valence electrons. The van der Waals surface area contributed by atoms with E-state index in [0.717, 1.165) is 0 Å². The molecule has 1 aromatic carbocycles. The van der Waals surface area contributed by atoms with Gasteiger partial charge in [-0.2, -0.15) is 0 Å². The van der Waals surface area contributed by atoms with Gasteiger partial charge in [-0.1, -0.05) is 17.3 Å². The summed E-state index contributed by atoms with van der Waals surface area (Å²) in [6.07, 6.45) is -0.275. The molecule has 0 aliphatic heterocycles. The zero-order chi connectivity index (χ0) is 13.1. The molecule has 0 radical (unpaired) electrons. The minimum Gasteiger partial charge on any atom is -0.481 e. The lowest BCUT2D eigenvalue weighted by atomic mass is 9.99. The van der Waals surface area contributed by atoms with E-state index in [4.69, 9.17) is 9.63 Å². The maximum atomic E-state index is 11.2. The third kappa shape index (κ3) is 2.17. The van der Waals surface area contributed by atoms with Crippen molar-refractivity contribution in [2.24, 2.45) is 0 Å². The van der Waals surface area contributed by atoms with Crippen LogP contribution in [0.1, 0.15) is 18.0 Å². The van der Waals surface area contributed by atoms with Gasteiger partial charge in [-0.15, -0.1) is 0 Å². The van der Waals surface area contributed by atoms with Gasteiger partial charge in [-0.3, -0.25) is 9.59 Å². The standard InChI is InChI=1S/C12H11NO5/c1-17-10(14)6-8(12(15)16)11-7-4-2-3-5-9(7)18-13-11/h2-5,8H,6H2,1H3,(H,15,16).